The molecule has 1 atom stereocenters. The Hall–Kier alpha value is -1.36. The molecule has 20 heavy (non-hydrogen) atoms. The number of benzene rings is 1. The molecular formula is C15H19BrO4. The molecule has 0 spiro atoms. The van der Waals surface area contributed by atoms with Crippen molar-refractivity contribution in [2.75, 3.05) is 6.61 Å². The van der Waals surface area contributed by atoms with Gasteiger partial charge in [0.25, 0.3) is 0 Å². The van der Waals surface area contributed by atoms with E-state index in [1.165, 1.54) is 0 Å². The van der Waals surface area contributed by atoms with Gasteiger partial charge in [-0.2, -0.15) is 0 Å². The number of unbranched alkanes of at least 4 members (excludes halogenated alkanes) is 1. The van der Waals surface area contributed by atoms with Gasteiger partial charge in [0.05, 0.1) is 6.61 Å². The summed E-state index contributed by atoms with van der Waals surface area (Å²) in [4.78, 5) is 24.2. The Morgan fingerprint density at radius 2 is 1.95 bits per heavy atom. The lowest BCUT2D eigenvalue weighted by molar-refractivity contribution is -0.162. The maximum absolute atomic E-state index is 12.3. The molecule has 0 amide bonds. The van der Waals surface area contributed by atoms with Crippen LogP contribution in [-0.4, -0.2) is 23.7 Å². The molecule has 0 aliphatic rings. The first kappa shape index (κ1) is 16.7. The van der Waals surface area contributed by atoms with Crippen molar-refractivity contribution in [1.29, 1.82) is 0 Å². The molecule has 0 aromatic heterocycles. The van der Waals surface area contributed by atoms with Crippen LogP contribution in [0.2, 0.25) is 0 Å². The topological polar surface area (TPSA) is 63.6 Å². The lowest BCUT2D eigenvalue weighted by Gasteiger charge is -2.28. The molecule has 5 heteroatoms. The Labute approximate surface area is 127 Å². The third-order valence-electron chi connectivity index (χ3n) is 3.23. The van der Waals surface area contributed by atoms with Gasteiger partial charge in [-0.3, -0.25) is 9.59 Å². The number of carboxylic acids is 1. The van der Waals surface area contributed by atoms with Gasteiger partial charge in [-0.1, -0.05) is 53.9 Å². The zero-order valence-corrected chi connectivity index (χ0v) is 13.3. The predicted octanol–water partition coefficient (Wildman–Crippen LogP) is 3.52. The van der Waals surface area contributed by atoms with Crippen molar-refractivity contribution < 1.29 is 19.4 Å². The summed E-state index contributed by atoms with van der Waals surface area (Å²) in [6.07, 6.45) is 1.66. The molecule has 0 saturated carbocycles. The van der Waals surface area contributed by atoms with E-state index in [4.69, 9.17) is 4.74 Å². The Morgan fingerprint density at radius 3 is 2.45 bits per heavy atom. The molecule has 1 N–H and O–H groups in total. The van der Waals surface area contributed by atoms with E-state index in [0.29, 0.717) is 16.5 Å². The van der Waals surface area contributed by atoms with E-state index in [0.717, 1.165) is 6.42 Å². The fourth-order valence-electron chi connectivity index (χ4n) is 2.16. The minimum absolute atomic E-state index is 0.157. The van der Waals surface area contributed by atoms with E-state index in [2.05, 4.69) is 15.9 Å². The summed E-state index contributed by atoms with van der Waals surface area (Å²) in [6, 6.07) is 6.90. The normalized spacial score (nSPS) is 13.6. The van der Waals surface area contributed by atoms with Crippen LogP contribution in [0, 0.1) is 0 Å². The average molecular weight is 343 g/mol. The van der Waals surface area contributed by atoms with Crippen LogP contribution in [0.3, 0.4) is 0 Å². The zero-order valence-electron chi connectivity index (χ0n) is 11.7. The Kier molecular flexibility index (Phi) is 6.20. The number of hydrogen-bond donors (Lipinski definition) is 1. The number of carbonyl (C=O) groups is 2. The smallest absolute Gasteiger partial charge is 0.328 e. The maximum atomic E-state index is 12.3. The van der Waals surface area contributed by atoms with Gasteiger partial charge in [-0.25, -0.2) is 0 Å². The van der Waals surface area contributed by atoms with Gasteiger partial charge in [-0.05, 0) is 25.0 Å². The van der Waals surface area contributed by atoms with Crippen molar-refractivity contribution in [3.05, 3.63) is 34.3 Å². The van der Waals surface area contributed by atoms with Gasteiger partial charge in [0, 0.05) is 4.47 Å². The van der Waals surface area contributed by atoms with E-state index in [1.54, 1.807) is 31.2 Å². The molecular weight excluding hydrogens is 324 g/mol. The molecule has 110 valence electrons. The van der Waals surface area contributed by atoms with E-state index >= 15 is 0 Å². The van der Waals surface area contributed by atoms with Crippen LogP contribution in [0.1, 0.15) is 38.7 Å². The molecule has 0 heterocycles. The van der Waals surface area contributed by atoms with E-state index in [9.17, 15) is 14.7 Å². The van der Waals surface area contributed by atoms with E-state index in [-0.39, 0.29) is 13.0 Å². The van der Waals surface area contributed by atoms with Crippen LogP contribution >= 0.6 is 15.9 Å². The first-order valence-corrected chi connectivity index (χ1v) is 7.45. The number of hydrogen-bond acceptors (Lipinski definition) is 3. The molecule has 0 radical (unpaired) electrons. The first-order chi connectivity index (χ1) is 9.50. The summed E-state index contributed by atoms with van der Waals surface area (Å²) in [5.74, 6) is -1.87. The van der Waals surface area contributed by atoms with Crippen molar-refractivity contribution in [3.8, 4) is 0 Å². The number of aliphatic carboxylic acids is 1. The van der Waals surface area contributed by atoms with Gasteiger partial charge < -0.3 is 9.84 Å². The van der Waals surface area contributed by atoms with Crippen molar-refractivity contribution in [2.24, 2.45) is 0 Å². The molecule has 0 aliphatic heterocycles. The molecule has 4 nitrogen and oxygen atoms in total. The van der Waals surface area contributed by atoms with Crippen LogP contribution < -0.4 is 0 Å². The highest BCUT2D eigenvalue weighted by atomic mass is 79.9. The number of ether oxygens (including phenoxy) is 1. The lowest BCUT2D eigenvalue weighted by atomic mass is 9.76. The predicted molar refractivity (Wildman–Crippen MR) is 79.6 cm³/mol. The number of rotatable bonds is 7. The standard InChI is InChI=1S/C15H19BrO4/c1-3-5-10-15(13(17)18,14(19)20-4-2)11-8-6-7-9-12(11)16/h6-9H,3-5,10H2,1-2H3,(H,17,18). The second kappa shape index (κ2) is 7.43. The molecule has 1 rings (SSSR count). The van der Waals surface area contributed by atoms with Crippen molar-refractivity contribution >= 4 is 27.9 Å². The summed E-state index contributed by atoms with van der Waals surface area (Å²) in [5.41, 5.74) is -1.20. The van der Waals surface area contributed by atoms with Crippen molar-refractivity contribution in [2.45, 2.75) is 38.5 Å². The van der Waals surface area contributed by atoms with Crippen molar-refractivity contribution in [1.82, 2.24) is 0 Å². The van der Waals surface area contributed by atoms with Gasteiger partial charge in [0.2, 0.25) is 0 Å². The minimum atomic E-state index is -1.65. The van der Waals surface area contributed by atoms with Crippen LogP contribution in [0.25, 0.3) is 0 Å². The van der Waals surface area contributed by atoms with E-state index < -0.39 is 17.4 Å². The fraction of sp³-hybridized carbons (Fsp3) is 0.467. The summed E-state index contributed by atoms with van der Waals surface area (Å²) >= 11 is 3.34. The number of carbonyl (C=O) groups excluding carboxylic acids is 1. The maximum Gasteiger partial charge on any atom is 0.328 e. The van der Waals surface area contributed by atoms with Gasteiger partial charge in [0.1, 0.15) is 0 Å². The number of carboxylic acid groups (broad SMARTS) is 1. The Bertz CT molecular complexity index is 487. The summed E-state index contributed by atoms with van der Waals surface area (Å²) in [5, 5.41) is 9.70. The molecule has 0 bridgehead atoms. The third kappa shape index (κ3) is 3.20. The highest BCUT2D eigenvalue weighted by molar-refractivity contribution is 9.10. The van der Waals surface area contributed by atoms with Crippen LogP contribution in [0.4, 0.5) is 0 Å². The fourth-order valence-corrected chi connectivity index (χ4v) is 2.78. The molecule has 0 saturated heterocycles. The summed E-state index contributed by atoms with van der Waals surface area (Å²) in [7, 11) is 0. The highest BCUT2D eigenvalue weighted by Gasteiger charge is 2.49. The molecule has 1 aromatic carbocycles. The average Bonchev–Trinajstić information content (AvgIpc) is 2.41. The van der Waals surface area contributed by atoms with Crippen LogP contribution in [-0.2, 0) is 19.7 Å². The quantitative estimate of drug-likeness (QED) is 0.608. The minimum Gasteiger partial charge on any atom is -0.480 e. The van der Waals surface area contributed by atoms with E-state index in [1.807, 2.05) is 6.92 Å². The van der Waals surface area contributed by atoms with Gasteiger partial charge in [0.15, 0.2) is 5.41 Å². The summed E-state index contributed by atoms with van der Waals surface area (Å²) in [6.45, 7) is 3.78. The molecule has 1 unspecified atom stereocenters. The molecule has 0 aliphatic carbocycles. The van der Waals surface area contributed by atoms with Crippen LogP contribution in [0.5, 0.6) is 0 Å². The SMILES string of the molecule is CCCCC(C(=O)O)(C(=O)OCC)c1ccccc1Br. The zero-order chi connectivity index (χ0) is 15.2. The molecule has 0 fully saturated rings. The number of halogens is 1. The number of esters is 1. The van der Waals surface area contributed by atoms with Gasteiger partial charge in [-0.15, -0.1) is 0 Å². The Balaban J connectivity index is 3.40. The largest absolute Gasteiger partial charge is 0.480 e. The molecule has 1 aromatic rings. The first-order valence-electron chi connectivity index (χ1n) is 6.66. The second-order valence-electron chi connectivity index (χ2n) is 4.51. The highest BCUT2D eigenvalue weighted by Crippen LogP contribution is 2.36. The summed E-state index contributed by atoms with van der Waals surface area (Å²) < 4.78 is 5.64. The van der Waals surface area contributed by atoms with Gasteiger partial charge >= 0.3 is 11.9 Å². The van der Waals surface area contributed by atoms with Crippen molar-refractivity contribution in [3.63, 3.8) is 0 Å². The van der Waals surface area contributed by atoms with Crippen LogP contribution in [0.15, 0.2) is 28.7 Å². The Morgan fingerprint density at radius 1 is 1.30 bits per heavy atom. The lowest BCUT2D eigenvalue weighted by Crippen LogP contribution is -2.45. The monoisotopic (exact) mass is 342 g/mol. The third-order valence-corrected chi connectivity index (χ3v) is 3.92. The second-order valence-corrected chi connectivity index (χ2v) is 5.37.